The first-order chi connectivity index (χ1) is 12.2. The Morgan fingerprint density at radius 1 is 0.800 bits per heavy atom. The van der Waals surface area contributed by atoms with E-state index in [1.807, 2.05) is 30.3 Å². The Kier molecular flexibility index (Phi) is 12.9. The van der Waals surface area contributed by atoms with Crippen LogP contribution in [-0.2, 0) is 20.0 Å². The maximum Gasteiger partial charge on any atom is 0.367 e. The van der Waals surface area contributed by atoms with E-state index in [0.717, 1.165) is 31.2 Å². The van der Waals surface area contributed by atoms with E-state index in [4.69, 9.17) is 9.25 Å². The lowest BCUT2D eigenvalue weighted by Gasteiger charge is -2.18. The summed E-state index contributed by atoms with van der Waals surface area (Å²) in [5.41, 5.74) is 6.61. The second-order valence-electron chi connectivity index (χ2n) is 6.35. The van der Waals surface area contributed by atoms with E-state index in [2.05, 4.69) is 24.8 Å². The fraction of sp³-hybridized carbons (Fsp3) is 0.684. The maximum absolute atomic E-state index is 13.0. The fourth-order valence-corrected chi connectivity index (χ4v) is 3.83. The predicted molar refractivity (Wildman–Crippen MR) is 104 cm³/mol. The van der Waals surface area contributed by atoms with Gasteiger partial charge in [-0.2, -0.15) is 11.0 Å². The molecule has 0 aliphatic heterocycles. The van der Waals surface area contributed by atoms with Gasteiger partial charge >= 0.3 is 7.60 Å². The van der Waals surface area contributed by atoms with Crippen molar-refractivity contribution in [2.24, 2.45) is 0 Å². The Balaban J connectivity index is 2.41. The average Bonchev–Trinajstić information content (AvgIpc) is 2.62. The molecule has 1 aromatic carbocycles. The van der Waals surface area contributed by atoms with Crippen LogP contribution >= 0.6 is 7.60 Å². The van der Waals surface area contributed by atoms with Gasteiger partial charge in [0.1, 0.15) is 0 Å². The van der Waals surface area contributed by atoms with Gasteiger partial charge in [0.15, 0.2) is 0 Å². The van der Waals surface area contributed by atoms with Gasteiger partial charge in [-0.25, -0.2) is 9.25 Å². The molecule has 0 aliphatic rings. The lowest BCUT2D eigenvalue weighted by Crippen LogP contribution is -2.21. The molecule has 0 aromatic heterocycles. The minimum atomic E-state index is -3.27. The molecule has 0 atom stereocenters. The molecular weight excluding hydrogens is 335 g/mol. The van der Waals surface area contributed by atoms with Crippen LogP contribution < -0.4 is 11.0 Å². The van der Waals surface area contributed by atoms with Gasteiger partial charge in [0.25, 0.3) is 0 Å². The highest BCUT2D eigenvalue weighted by Gasteiger charge is 2.26. The van der Waals surface area contributed by atoms with Gasteiger partial charge in [-0.1, -0.05) is 82.7 Å². The van der Waals surface area contributed by atoms with Gasteiger partial charge in [-0.3, -0.25) is 4.57 Å². The van der Waals surface area contributed by atoms with Gasteiger partial charge in [0.2, 0.25) is 0 Å². The maximum atomic E-state index is 13.0. The van der Waals surface area contributed by atoms with Crippen molar-refractivity contribution in [3.63, 3.8) is 0 Å². The molecule has 0 unspecified atom stereocenters. The zero-order chi connectivity index (χ0) is 18.2. The van der Waals surface area contributed by atoms with Crippen molar-refractivity contribution in [2.75, 3.05) is 13.1 Å². The highest BCUT2D eigenvalue weighted by atomic mass is 31.2. The smallest absolute Gasteiger partial charge is 0.257 e. The van der Waals surface area contributed by atoms with Gasteiger partial charge in [0.05, 0.1) is 6.16 Å². The van der Waals surface area contributed by atoms with E-state index in [0.29, 0.717) is 13.1 Å². The Hall–Kier alpha value is -0.710. The summed E-state index contributed by atoms with van der Waals surface area (Å²) in [5.74, 6) is 0. The molecule has 0 amide bonds. The molecule has 0 bridgehead atoms. The van der Waals surface area contributed by atoms with Crippen LogP contribution in [-0.4, -0.2) is 13.1 Å². The van der Waals surface area contributed by atoms with Crippen molar-refractivity contribution in [1.82, 2.24) is 11.0 Å². The number of benzene rings is 1. The summed E-state index contributed by atoms with van der Waals surface area (Å²) in [6.45, 7) is 5.72. The lowest BCUT2D eigenvalue weighted by atomic mass is 10.2. The molecule has 144 valence electrons. The molecule has 0 saturated carbocycles. The number of unbranched alkanes of at least 4 members (excludes halogenated alkanes) is 6. The number of rotatable bonds is 16. The first-order valence-electron chi connectivity index (χ1n) is 9.66. The van der Waals surface area contributed by atoms with Gasteiger partial charge < -0.3 is 0 Å². The van der Waals surface area contributed by atoms with Crippen LogP contribution in [0.4, 0.5) is 0 Å². The average molecular weight is 370 g/mol. The van der Waals surface area contributed by atoms with E-state index in [9.17, 15) is 4.57 Å². The normalized spacial score (nSPS) is 11.8. The van der Waals surface area contributed by atoms with Crippen LogP contribution in [0.5, 0.6) is 0 Å². The predicted octanol–water partition coefficient (Wildman–Crippen LogP) is 5.58. The Morgan fingerprint density at radius 3 is 1.80 bits per heavy atom. The van der Waals surface area contributed by atoms with Crippen molar-refractivity contribution in [3.8, 4) is 0 Å². The number of hydrogen-bond donors (Lipinski definition) is 2. The SMILES string of the molecule is CCCCCCNOP(=O)(Cc1ccccc1)ONCCCCCC. The van der Waals surface area contributed by atoms with Crippen LogP contribution in [0.15, 0.2) is 30.3 Å². The molecule has 0 radical (unpaired) electrons. The zero-order valence-electron chi connectivity index (χ0n) is 15.8. The lowest BCUT2D eigenvalue weighted by molar-refractivity contribution is 0.0984. The minimum absolute atomic E-state index is 0.248. The quantitative estimate of drug-likeness (QED) is 0.226. The van der Waals surface area contributed by atoms with Crippen LogP contribution in [0.2, 0.25) is 0 Å². The largest absolute Gasteiger partial charge is 0.367 e. The number of hydrogen-bond acceptors (Lipinski definition) is 5. The summed E-state index contributed by atoms with van der Waals surface area (Å²) in [4.78, 5) is 0. The molecule has 0 saturated heterocycles. The Bertz CT molecular complexity index is 451. The van der Waals surface area contributed by atoms with E-state index >= 15 is 0 Å². The molecule has 0 heterocycles. The van der Waals surface area contributed by atoms with Gasteiger partial charge in [-0.05, 0) is 18.4 Å². The molecule has 1 rings (SSSR count). The molecule has 6 heteroatoms. The van der Waals surface area contributed by atoms with E-state index in [-0.39, 0.29) is 6.16 Å². The first-order valence-corrected chi connectivity index (χ1v) is 11.4. The zero-order valence-corrected chi connectivity index (χ0v) is 16.7. The standard InChI is InChI=1S/C19H35N2O3P/c1-3-5-7-12-16-20-23-25(22,18-19-14-10-9-11-15-19)24-21-17-13-8-6-4-2/h9-11,14-15,20-21H,3-8,12-13,16-18H2,1-2H3. The van der Waals surface area contributed by atoms with Gasteiger partial charge in [-0.15, -0.1) is 0 Å². The summed E-state index contributed by atoms with van der Waals surface area (Å²) in [6, 6.07) is 9.66. The fourth-order valence-electron chi connectivity index (χ4n) is 2.43. The van der Waals surface area contributed by atoms with Crippen molar-refractivity contribution in [1.29, 1.82) is 0 Å². The molecule has 2 N–H and O–H groups in total. The van der Waals surface area contributed by atoms with Crippen molar-refractivity contribution in [2.45, 2.75) is 71.4 Å². The molecule has 25 heavy (non-hydrogen) atoms. The number of hydroxylamine groups is 2. The van der Waals surface area contributed by atoms with Crippen LogP contribution in [0.1, 0.15) is 70.8 Å². The number of nitrogens with one attached hydrogen (secondary N) is 2. The molecule has 0 aliphatic carbocycles. The molecule has 1 aromatic rings. The van der Waals surface area contributed by atoms with Crippen molar-refractivity contribution >= 4 is 7.60 Å². The molecule has 0 fully saturated rings. The highest BCUT2D eigenvalue weighted by molar-refractivity contribution is 7.52. The van der Waals surface area contributed by atoms with Crippen LogP contribution in [0.3, 0.4) is 0 Å². The van der Waals surface area contributed by atoms with Crippen LogP contribution in [0, 0.1) is 0 Å². The van der Waals surface area contributed by atoms with E-state index in [1.165, 1.54) is 25.7 Å². The third-order valence-electron chi connectivity index (χ3n) is 3.89. The van der Waals surface area contributed by atoms with Crippen LogP contribution in [0.25, 0.3) is 0 Å². The summed E-state index contributed by atoms with van der Waals surface area (Å²) < 4.78 is 23.9. The first kappa shape index (κ1) is 22.3. The molecular formula is C19H35N2O3P. The third kappa shape index (κ3) is 11.5. The monoisotopic (exact) mass is 370 g/mol. The Morgan fingerprint density at radius 2 is 1.32 bits per heavy atom. The third-order valence-corrected chi connectivity index (χ3v) is 5.46. The molecule has 0 spiro atoms. The van der Waals surface area contributed by atoms with E-state index < -0.39 is 7.60 Å². The van der Waals surface area contributed by atoms with Crippen molar-refractivity contribution < 1.29 is 13.8 Å². The molecule has 5 nitrogen and oxygen atoms in total. The summed E-state index contributed by atoms with van der Waals surface area (Å²) in [6.07, 6.45) is 9.35. The summed E-state index contributed by atoms with van der Waals surface area (Å²) in [7, 11) is -3.27. The van der Waals surface area contributed by atoms with Gasteiger partial charge in [0, 0.05) is 13.1 Å². The topological polar surface area (TPSA) is 59.6 Å². The minimum Gasteiger partial charge on any atom is -0.257 e. The Labute approximate surface area is 153 Å². The summed E-state index contributed by atoms with van der Waals surface area (Å²) in [5, 5.41) is 0. The van der Waals surface area contributed by atoms with Crippen molar-refractivity contribution in [3.05, 3.63) is 35.9 Å². The highest BCUT2D eigenvalue weighted by Crippen LogP contribution is 2.49. The second-order valence-corrected chi connectivity index (χ2v) is 8.25. The van der Waals surface area contributed by atoms with E-state index in [1.54, 1.807) is 0 Å². The summed E-state index contributed by atoms with van der Waals surface area (Å²) >= 11 is 0. The second kappa shape index (κ2) is 14.5.